The molecule has 0 aliphatic carbocycles. The minimum atomic E-state index is 0.498. The van der Waals surface area contributed by atoms with Crippen LogP contribution in [0.15, 0.2) is 12.1 Å². The van der Waals surface area contributed by atoms with Gasteiger partial charge in [-0.25, -0.2) is 0 Å². The molecule has 0 saturated heterocycles. The first-order valence-corrected chi connectivity index (χ1v) is 3.91. The van der Waals surface area contributed by atoms with E-state index < -0.39 is 0 Å². The Morgan fingerprint density at radius 2 is 1.77 bits per heavy atom. The lowest BCUT2D eigenvalue weighted by molar-refractivity contribution is 0.112. The summed E-state index contributed by atoms with van der Waals surface area (Å²) in [6, 6.07) is 3.54. The number of benzene rings is 1. The molecule has 13 heavy (non-hydrogen) atoms. The van der Waals surface area contributed by atoms with Crippen LogP contribution in [0, 0.1) is 6.92 Å². The molecule has 70 valence electrons. The van der Waals surface area contributed by atoms with Crippen LogP contribution in [-0.4, -0.2) is 20.5 Å². The monoisotopic (exact) mass is 180 g/mol. The summed E-state index contributed by atoms with van der Waals surface area (Å²) < 4.78 is 10.2. The number of ether oxygens (including phenoxy) is 2. The van der Waals surface area contributed by atoms with Gasteiger partial charge in [0.15, 0.2) is 17.8 Å². The van der Waals surface area contributed by atoms with E-state index in [2.05, 4.69) is 0 Å². The number of carbonyl (C=O) groups excluding carboxylic acids is 1. The molecule has 0 bridgehead atoms. The number of rotatable bonds is 3. The SMILES string of the molecule is COc1c(C)ccc(C=O)c1OC. The van der Waals surface area contributed by atoms with E-state index in [0.29, 0.717) is 17.1 Å². The minimum Gasteiger partial charge on any atom is -0.493 e. The summed E-state index contributed by atoms with van der Waals surface area (Å²) in [4.78, 5) is 10.6. The van der Waals surface area contributed by atoms with Crippen molar-refractivity contribution < 1.29 is 14.3 Å². The summed E-state index contributed by atoms with van der Waals surface area (Å²) in [5.41, 5.74) is 1.45. The number of aryl methyl sites for hydroxylation is 1. The van der Waals surface area contributed by atoms with Crippen molar-refractivity contribution in [3.8, 4) is 11.5 Å². The lowest BCUT2D eigenvalue weighted by Crippen LogP contribution is -1.96. The maximum absolute atomic E-state index is 10.6. The molecule has 0 saturated carbocycles. The zero-order valence-electron chi connectivity index (χ0n) is 7.96. The first-order valence-electron chi connectivity index (χ1n) is 3.91. The molecule has 0 amide bonds. The Labute approximate surface area is 77.3 Å². The second-order valence-corrected chi connectivity index (χ2v) is 2.66. The Hall–Kier alpha value is -1.51. The second-order valence-electron chi connectivity index (χ2n) is 2.66. The van der Waals surface area contributed by atoms with E-state index in [1.165, 1.54) is 7.11 Å². The lowest BCUT2D eigenvalue weighted by Gasteiger charge is -2.11. The molecule has 1 aromatic carbocycles. The standard InChI is InChI=1S/C10H12O3/c1-7-4-5-8(6-11)10(13-3)9(7)12-2/h4-6H,1-3H3. The van der Waals surface area contributed by atoms with Crippen LogP contribution < -0.4 is 9.47 Å². The van der Waals surface area contributed by atoms with E-state index in [1.807, 2.05) is 13.0 Å². The molecule has 1 rings (SSSR count). The van der Waals surface area contributed by atoms with Crippen LogP contribution >= 0.6 is 0 Å². The van der Waals surface area contributed by atoms with E-state index in [0.717, 1.165) is 11.8 Å². The fourth-order valence-corrected chi connectivity index (χ4v) is 1.23. The fraction of sp³-hybridized carbons (Fsp3) is 0.300. The molecule has 0 unspecified atom stereocenters. The van der Waals surface area contributed by atoms with Crippen molar-refractivity contribution in [3.05, 3.63) is 23.3 Å². The third-order valence-corrected chi connectivity index (χ3v) is 1.87. The average molecular weight is 180 g/mol. The van der Waals surface area contributed by atoms with E-state index in [1.54, 1.807) is 13.2 Å². The predicted molar refractivity (Wildman–Crippen MR) is 49.7 cm³/mol. The molecule has 0 fully saturated rings. The van der Waals surface area contributed by atoms with Gasteiger partial charge in [0.1, 0.15) is 0 Å². The highest BCUT2D eigenvalue weighted by molar-refractivity contribution is 5.81. The number of carbonyl (C=O) groups is 1. The van der Waals surface area contributed by atoms with Crippen LogP contribution in [0.1, 0.15) is 15.9 Å². The van der Waals surface area contributed by atoms with Gasteiger partial charge in [-0.05, 0) is 18.6 Å². The van der Waals surface area contributed by atoms with Gasteiger partial charge >= 0.3 is 0 Å². The molecular formula is C10H12O3. The Morgan fingerprint density at radius 1 is 1.15 bits per heavy atom. The fourth-order valence-electron chi connectivity index (χ4n) is 1.23. The third kappa shape index (κ3) is 1.64. The van der Waals surface area contributed by atoms with E-state index in [-0.39, 0.29) is 0 Å². The normalized spacial score (nSPS) is 9.46. The van der Waals surface area contributed by atoms with Crippen LogP contribution in [0.5, 0.6) is 11.5 Å². The summed E-state index contributed by atoms with van der Waals surface area (Å²) >= 11 is 0. The van der Waals surface area contributed by atoms with Gasteiger partial charge in [0.2, 0.25) is 0 Å². The van der Waals surface area contributed by atoms with Gasteiger partial charge in [0.05, 0.1) is 19.8 Å². The van der Waals surface area contributed by atoms with Crippen LogP contribution in [0.3, 0.4) is 0 Å². The van der Waals surface area contributed by atoms with Gasteiger partial charge in [-0.2, -0.15) is 0 Å². The van der Waals surface area contributed by atoms with Gasteiger partial charge in [-0.3, -0.25) is 4.79 Å². The van der Waals surface area contributed by atoms with Gasteiger partial charge in [-0.1, -0.05) is 6.07 Å². The van der Waals surface area contributed by atoms with Crippen molar-refractivity contribution in [3.63, 3.8) is 0 Å². The number of hydrogen-bond donors (Lipinski definition) is 0. The third-order valence-electron chi connectivity index (χ3n) is 1.87. The zero-order chi connectivity index (χ0) is 9.84. The minimum absolute atomic E-state index is 0.498. The van der Waals surface area contributed by atoms with Crippen LogP contribution in [0.25, 0.3) is 0 Å². The molecule has 3 heteroatoms. The van der Waals surface area contributed by atoms with Gasteiger partial charge in [0, 0.05) is 0 Å². The molecule has 0 radical (unpaired) electrons. The summed E-state index contributed by atoms with van der Waals surface area (Å²) in [7, 11) is 3.07. The summed E-state index contributed by atoms with van der Waals surface area (Å²) in [6.07, 6.45) is 0.751. The molecule has 0 heterocycles. The topological polar surface area (TPSA) is 35.5 Å². The van der Waals surface area contributed by atoms with Crippen molar-refractivity contribution in [2.24, 2.45) is 0 Å². The van der Waals surface area contributed by atoms with Gasteiger partial charge in [-0.15, -0.1) is 0 Å². The molecule has 0 aromatic heterocycles. The molecule has 0 aliphatic heterocycles. The smallest absolute Gasteiger partial charge is 0.171 e. The van der Waals surface area contributed by atoms with Crippen LogP contribution in [0.2, 0.25) is 0 Å². The van der Waals surface area contributed by atoms with Gasteiger partial charge in [0.25, 0.3) is 0 Å². The van der Waals surface area contributed by atoms with Crippen molar-refractivity contribution >= 4 is 6.29 Å². The maximum atomic E-state index is 10.6. The van der Waals surface area contributed by atoms with Crippen LogP contribution in [-0.2, 0) is 0 Å². The van der Waals surface area contributed by atoms with E-state index in [9.17, 15) is 4.79 Å². The molecule has 0 aliphatic rings. The zero-order valence-corrected chi connectivity index (χ0v) is 7.96. The summed E-state index contributed by atoms with van der Waals surface area (Å²) in [6.45, 7) is 1.90. The molecular weight excluding hydrogens is 168 g/mol. The number of hydrogen-bond acceptors (Lipinski definition) is 3. The first-order chi connectivity index (χ1) is 6.24. The Bertz CT molecular complexity index is 318. The van der Waals surface area contributed by atoms with E-state index >= 15 is 0 Å². The maximum Gasteiger partial charge on any atom is 0.171 e. The Balaban J connectivity index is 3.35. The predicted octanol–water partition coefficient (Wildman–Crippen LogP) is 1.82. The van der Waals surface area contributed by atoms with Crippen LogP contribution in [0.4, 0.5) is 0 Å². The lowest BCUT2D eigenvalue weighted by atomic mass is 10.1. The Kier molecular flexibility index (Phi) is 2.90. The molecule has 1 aromatic rings. The molecule has 0 N–H and O–H groups in total. The summed E-state index contributed by atoms with van der Waals surface area (Å²) in [5.74, 6) is 1.12. The highest BCUT2D eigenvalue weighted by Gasteiger charge is 2.11. The molecule has 0 atom stereocenters. The summed E-state index contributed by atoms with van der Waals surface area (Å²) in [5, 5.41) is 0. The van der Waals surface area contributed by atoms with Gasteiger partial charge < -0.3 is 9.47 Å². The van der Waals surface area contributed by atoms with Crippen molar-refractivity contribution in [2.75, 3.05) is 14.2 Å². The molecule has 0 spiro atoms. The van der Waals surface area contributed by atoms with Crippen molar-refractivity contribution in [2.45, 2.75) is 6.92 Å². The number of methoxy groups -OCH3 is 2. The highest BCUT2D eigenvalue weighted by Crippen LogP contribution is 2.33. The quantitative estimate of drug-likeness (QED) is 0.665. The highest BCUT2D eigenvalue weighted by atomic mass is 16.5. The number of aldehydes is 1. The van der Waals surface area contributed by atoms with Crippen molar-refractivity contribution in [1.29, 1.82) is 0 Å². The first kappa shape index (κ1) is 9.58. The molecule has 3 nitrogen and oxygen atoms in total. The van der Waals surface area contributed by atoms with E-state index in [4.69, 9.17) is 9.47 Å². The second kappa shape index (κ2) is 3.94. The largest absolute Gasteiger partial charge is 0.493 e. The average Bonchev–Trinajstić information content (AvgIpc) is 2.17. The van der Waals surface area contributed by atoms with Crippen molar-refractivity contribution in [1.82, 2.24) is 0 Å². The Morgan fingerprint density at radius 3 is 2.23 bits per heavy atom.